The first kappa shape index (κ1) is 18.9. The average molecular weight is 386 g/mol. The summed E-state index contributed by atoms with van der Waals surface area (Å²) in [5.41, 5.74) is 0.259. The molecule has 2 unspecified atom stereocenters. The molecule has 0 spiro atoms. The summed E-state index contributed by atoms with van der Waals surface area (Å²) in [6, 6.07) is 8.78. The molecule has 2 heterocycles. The van der Waals surface area contributed by atoms with Gasteiger partial charge in [-0.15, -0.1) is 0 Å². The summed E-state index contributed by atoms with van der Waals surface area (Å²) in [5.74, 6) is -0.316. The van der Waals surface area contributed by atoms with E-state index in [-0.39, 0.29) is 19.0 Å². The van der Waals surface area contributed by atoms with E-state index in [0.717, 1.165) is 17.5 Å². The molecule has 1 amide bonds. The van der Waals surface area contributed by atoms with Crippen molar-refractivity contribution in [1.82, 2.24) is 9.47 Å². The molecule has 148 valence electrons. The molecule has 0 saturated carbocycles. The van der Waals surface area contributed by atoms with Gasteiger partial charge in [-0.3, -0.25) is 4.79 Å². The number of benzene rings is 2. The molecule has 0 radical (unpaired) electrons. The second kappa shape index (κ2) is 6.85. The molecule has 1 aromatic heterocycles. The van der Waals surface area contributed by atoms with Crippen LogP contribution in [0.4, 0.5) is 8.78 Å². The van der Waals surface area contributed by atoms with Crippen molar-refractivity contribution in [3.63, 3.8) is 0 Å². The lowest BCUT2D eigenvalue weighted by Gasteiger charge is -2.36. The van der Waals surface area contributed by atoms with Crippen LogP contribution in [0.2, 0.25) is 0 Å². The van der Waals surface area contributed by atoms with E-state index in [4.69, 9.17) is 0 Å². The number of piperidine rings is 1. The summed E-state index contributed by atoms with van der Waals surface area (Å²) in [6.45, 7) is 4.87. The van der Waals surface area contributed by atoms with Crippen molar-refractivity contribution in [3.8, 4) is 0 Å². The van der Waals surface area contributed by atoms with E-state index in [1.807, 2.05) is 4.57 Å². The van der Waals surface area contributed by atoms with Crippen LogP contribution in [0, 0.1) is 17.6 Å². The van der Waals surface area contributed by atoms with Gasteiger partial charge in [0, 0.05) is 34.8 Å². The van der Waals surface area contributed by atoms with E-state index in [0.29, 0.717) is 29.7 Å². The molecule has 1 N–H and O–H groups in total. The monoisotopic (exact) mass is 386 g/mol. The van der Waals surface area contributed by atoms with Gasteiger partial charge in [-0.2, -0.15) is 0 Å². The first-order chi connectivity index (χ1) is 13.2. The zero-order chi connectivity index (χ0) is 20.1. The largest absolute Gasteiger partial charge is 0.386 e. The highest BCUT2D eigenvalue weighted by molar-refractivity contribution is 6.08. The fourth-order valence-corrected chi connectivity index (χ4v) is 4.27. The number of aromatic nitrogens is 1. The Labute approximate surface area is 162 Å². The highest BCUT2D eigenvalue weighted by Gasteiger charge is 2.31. The number of carbonyl (C=O) groups is 1. The maximum Gasteiger partial charge on any atom is 0.222 e. The minimum Gasteiger partial charge on any atom is -0.386 e. The number of hydrogen-bond donors (Lipinski definition) is 1. The summed E-state index contributed by atoms with van der Waals surface area (Å²) in [4.78, 5) is 14.0. The van der Waals surface area contributed by atoms with Crippen LogP contribution in [-0.2, 0) is 11.3 Å². The van der Waals surface area contributed by atoms with Gasteiger partial charge < -0.3 is 14.6 Å². The molecule has 1 saturated heterocycles. The van der Waals surface area contributed by atoms with E-state index < -0.39 is 17.2 Å². The van der Waals surface area contributed by atoms with Crippen LogP contribution in [0.5, 0.6) is 0 Å². The third-order valence-electron chi connectivity index (χ3n) is 5.55. The zero-order valence-electron chi connectivity index (χ0n) is 16.1. The Morgan fingerprint density at radius 1 is 1.07 bits per heavy atom. The number of amides is 1. The molecule has 4 nitrogen and oxygen atoms in total. The van der Waals surface area contributed by atoms with Crippen molar-refractivity contribution < 1.29 is 18.7 Å². The Bertz CT molecular complexity index is 998. The van der Waals surface area contributed by atoms with Crippen molar-refractivity contribution >= 4 is 27.7 Å². The lowest BCUT2D eigenvalue weighted by Crippen LogP contribution is -2.49. The van der Waals surface area contributed by atoms with E-state index in [1.165, 1.54) is 24.3 Å². The highest BCUT2D eigenvalue weighted by atomic mass is 19.1. The summed E-state index contributed by atoms with van der Waals surface area (Å²) in [5, 5.41) is 12.3. The van der Waals surface area contributed by atoms with Crippen molar-refractivity contribution in [2.75, 3.05) is 13.1 Å². The number of likely N-dealkylation sites (tertiary alicyclic amines) is 1. The number of rotatable bonds is 4. The Kier molecular flexibility index (Phi) is 4.62. The average Bonchev–Trinajstić information content (AvgIpc) is 2.90. The fraction of sp³-hybridized carbons (Fsp3) is 0.409. The third-order valence-corrected chi connectivity index (χ3v) is 5.55. The van der Waals surface area contributed by atoms with Crippen molar-refractivity contribution in [2.45, 2.75) is 38.8 Å². The first-order valence-electron chi connectivity index (χ1n) is 9.61. The Balaban J connectivity index is 1.72. The predicted molar refractivity (Wildman–Crippen MR) is 105 cm³/mol. The smallest absolute Gasteiger partial charge is 0.222 e. The van der Waals surface area contributed by atoms with E-state index >= 15 is 0 Å². The van der Waals surface area contributed by atoms with Crippen LogP contribution in [-0.4, -0.2) is 39.2 Å². The number of fused-ring (bicyclic) bond motifs is 3. The molecule has 0 aliphatic carbocycles. The van der Waals surface area contributed by atoms with Crippen LogP contribution >= 0.6 is 0 Å². The third kappa shape index (κ3) is 3.49. The number of nitrogens with zero attached hydrogens (tertiary/aromatic N) is 2. The Hall–Kier alpha value is -2.47. The lowest BCUT2D eigenvalue weighted by molar-refractivity contribution is -0.138. The van der Waals surface area contributed by atoms with Gasteiger partial charge >= 0.3 is 0 Å². The summed E-state index contributed by atoms with van der Waals surface area (Å²) >= 11 is 0. The Morgan fingerprint density at radius 2 is 1.64 bits per heavy atom. The van der Waals surface area contributed by atoms with Crippen molar-refractivity contribution in [2.24, 2.45) is 5.92 Å². The maximum atomic E-state index is 13.8. The fourth-order valence-electron chi connectivity index (χ4n) is 4.27. The molecule has 2 atom stereocenters. The summed E-state index contributed by atoms with van der Waals surface area (Å²) < 4.78 is 29.5. The molecule has 3 aromatic rings. The SMILES string of the molecule is CC1CCC(=O)N(CC(C)(O)Cn2c3ccc(F)cc3c3cc(F)ccc32)C1. The standard InChI is InChI=1S/C22H24F2N2O2/c1-14-3-8-21(27)25(11-14)12-22(2,28)13-26-19-6-4-15(23)9-17(19)18-10-16(24)5-7-20(18)26/h4-7,9-10,14,28H,3,8,11-13H2,1-2H3. The summed E-state index contributed by atoms with van der Waals surface area (Å²) in [6.07, 6.45) is 1.38. The molecule has 4 rings (SSSR count). The van der Waals surface area contributed by atoms with Gasteiger partial charge in [-0.25, -0.2) is 8.78 Å². The number of β-amino-alcohol motifs (C(OH)–C–C–N with tert-alkyl or cyclic N) is 1. The molecular weight excluding hydrogens is 362 g/mol. The molecule has 2 aromatic carbocycles. The molecular formula is C22H24F2N2O2. The number of halogens is 2. The second-order valence-electron chi connectivity index (χ2n) is 8.32. The minimum absolute atomic E-state index is 0.0599. The van der Waals surface area contributed by atoms with Gasteiger partial charge in [0.25, 0.3) is 0 Å². The van der Waals surface area contributed by atoms with Crippen molar-refractivity contribution in [1.29, 1.82) is 0 Å². The van der Waals surface area contributed by atoms with Crippen LogP contribution in [0.1, 0.15) is 26.7 Å². The molecule has 1 fully saturated rings. The van der Waals surface area contributed by atoms with Crippen LogP contribution in [0.3, 0.4) is 0 Å². The Morgan fingerprint density at radius 3 is 2.21 bits per heavy atom. The minimum atomic E-state index is -1.19. The lowest BCUT2D eigenvalue weighted by atomic mass is 9.97. The van der Waals surface area contributed by atoms with E-state index in [9.17, 15) is 18.7 Å². The predicted octanol–water partition coefficient (Wildman–Crippen LogP) is 4.08. The van der Waals surface area contributed by atoms with Gasteiger partial charge in [0.15, 0.2) is 0 Å². The molecule has 0 bridgehead atoms. The van der Waals surface area contributed by atoms with Gasteiger partial charge in [0.1, 0.15) is 11.6 Å². The normalized spacial score (nSPS) is 20.1. The van der Waals surface area contributed by atoms with Crippen LogP contribution < -0.4 is 0 Å². The van der Waals surface area contributed by atoms with E-state index in [2.05, 4.69) is 6.92 Å². The molecule has 28 heavy (non-hydrogen) atoms. The molecule has 1 aliphatic heterocycles. The quantitative estimate of drug-likeness (QED) is 0.734. The van der Waals surface area contributed by atoms with Crippen molar-refractivity contribution in [3.05, 3.63) is 48.0 Å². The first-order valence-corrected chi connectivity index (χ1v) is 9.61. The van der Waals surface area contributed by atoms with Gasteiger partial charge in [-0.1, -0.05) is 6.92 Å². The van der Waals surface area contributed by atoms with E-state index in [1.54, 1.807) is 24.0 Å². The molecule has 6 heteroatoms. The topological polar surface area (TPSA) is 45.5 Å². The number of hydrogen-bond acceptors (Lipinski definition) is 2. The van der Waals surface area contributed by atoms with Crippen LogP contribution in [0.25, 0.3) is 21.8 Å². The van der Waals surface area contributed by atoms with Gasteiger partial charge in [0.2, 0.25) is 5.91 Å². The van der Waals surface area contributed by atoms with Gasteiger partial charge in [0.05, 0.1) is 18.7 Å². The molecule has 1 aliphatic rings. The zero-order valence-corrected chi connectivity index (χ0v) is 16.1. The maximum absolute atomic E-state index is 13.8. The van der Waals surface area contributed by atoms with Crippen LogP contribution in [0.15, 0.2) is 36.4 Å². The number of aliphatic hydroxyl groups is 1. The second-order valence-corrected chi connectivity index (χ2v) is 8.32. The number of carbonyl (C=O) groups excluding carboxylic acids is 1. The highest BCUT2D eigenvalue weighted by Crippen LogP contribution is 2.32. The summed E-state index contributed by atoms with van der Waals surface area (Å²) in [7, 11) is 0. The van der Waals surface area contributed by atoms with Gasteiger partial charge in [-0.05, 0) is 55.7 Å².